The largest absolute Gasteiger partial charge is 0.368 e. The van der Waals surface area contributed by atoms with Gasteiger partial charge in [0.25, 0.3) is 5.91 Å². The molecular formula is C18H24FN3O2. The molecule has 130 valence electrons. The van der Waals surface area contributed by atoms with Gasteiger partial charge in [-0.3, -0.25) is 14.5 Å². The zero-order chi connectivity index (χ0) is 17.3. The van der Waals surface area contributed by atoms with Crippen molar-refractivity contribution in [3.8, 4) is 0 Å². The maximum Gasteiger partial charge on any atom is 0.254 e. The van der Waals surface area contributed by atoms with Crippen molar-refractivity contribution in [3.05, 3.63) is 35.1 Å². The summed E-state index contributed by atoms with van der Waals surface area (Å²) in [6, 6.07) is 4.45. The highest BCUT2D eigenvalue weighted by Gasteiger charge is 2.36. The summed E-state index contributed by atoms with van der Waals surface area (Å²) in [6.45, 7) is 3.97. The van der Waals surface area contributed by atoms with E-state index in [9.17, 15) is 14.0 Å². The number of hydrogen-bond acceptors (Lipinski definition) is 3. The Bertz CT molecular complexity index is 641. The van der Waals surface area contributed by atoms with E-state index in [2.05, 4.69) is 4.90 Å². The molecule has 2 fully saturated rings. The van der Waals surface area contributed by atoms with Crippen LogP contribution in [0.25, 0.3) is 0 Å². The highest BCUT2D eigenvalue weighted by atomic mass is 19.1. The fourth-order valence-electron chi connectivity index (χ4n) is 3.93. The molecule has 2 amide bonds. The standard InChI is InChI=1S/C18H24FN3O2/c1-12-4-5-13(19)11-15(12)18(24)21-9-6-14(7-10-21)22-8-2-3-16(22)17(20)23/h4-5,11,14,16H,2-3,6-10H2,1H3,(H2,20,23)/t16-/m1/s1. The number of hydrogen-bond donors (Lipinski definition) is 1. The van der Waals surface area contributed by atoms with Crippen molar-refractivity contribution in [1.82, 2.24) is 9.80 Å². The lowest BCUT2D eigenvalue weighted by molar-refractivity contribution is -0.123. The molecule has 0 radical (unpaired) electrons. The first-order chi connectivity index (χ1) is 11.5. The van der Waals surface area contributed by atoms with Gasteiger partial charge in [0.05, 0.1) is 6.04 Å². The molecule has 2 saturated heterocycles. The maximum absolute atomic E-state index is 13.4. The number of halogens is 1. The van der Waals surface area contributed by atoms with Crippen molar-refractivity contribution in [3.63, 3.8) is 0 Å². The fraction of sp³-hybridized carbons (Fsp3) is 0.556. The van der Waals surface area contributed by atoms with E-state index in [0.717, 1.165) is 37.8 Å². The highest BCUT2D eigenvalue weighted by Crippen LogP contribution is 2.26. The van der Waals surface area contributed by atoms with Crippen LogP contribution in [0.5, 0.6) is 0 Å². The van der Waals surface area contributed by atoms with Crippen molar-refractivity contribution in [2.75, 3.05) is 19.6 Å². The predicted molar refractivity (Wildman–Crippen MR) is 89.0 cm³/mol. The molecule has 3 rings (SSSR count). The number of nitrogens with two attached hydrogens (primary N) is 1. The van der Waals surface area contributed by atoms with Crippen LogP contribution < -0.4 is 5.73 Å². The lowest BCUT2D eigenvalue weighted by Gasteiger charge is -2.38. The first-order valence-electron chi connectivity index (χ1n) is 8.58. The lowest BCUT2D eigenvalue weighted by Crippen LogP contribution is -2.51. The maximum atomic E-state index is 13.4. The number of primary amides is 1. The SMILES string of the molecule is Cc1ccc(F)cc1C(=O)N1CCC(N2CCC[C@@H]2C(N)=O)CC1. The summed E-state index contributed by atoms with van der Waals surface area (Å²) in [5.41, 5.74) is 6.72. The van der Waals surface area contributed by atoms with E-state index in [1.54, 1.807) is 11.0 Å². The third kappa shape index (κ3) is 3.29. The summed E-state index contributed by atoms with van der Waals surface area (Å²) in [6.07, 6.45) is 3.47. The van der Waals surface area contributed by atoms with Crippen LogP contribution in [0.1, 0.15) is 41.6 Å². The zero-order valence-electron chi connectivity index (χ0n) is 14.0. The van der Waals surface area contributed by atoms with Crippen molar-refractivity contribution in [2.45, 2.75) is 44.7 Å². The molecule has 1 aromatic rings. The van der Waals surface area contributed by atoms with Gasteiger partial charge in [0.15, 0.2) is 0 Å². The second-order valence-corrected chi connectivity index (χ2v) is 6.78. The molecule has 6 heteroatoms. The van der Waals surface area contributed by atoms with Crippen molar-refractivity contribution in [2.24, 2.45) is 5.73 Å². The Labute approximate surface area is 141 Å². The summed E-state index contributed by atoms with van der Waals surface area (Å²) in [5, 5.41) is 0. The summed E-state index contributed by atoms with van der Waals surface area (Å²) < 4.78 is 13.4. The number of piperidine rings is 1. The molecule has 1 atom stereocenters. The van der Waals surface area contributed by atoms with Gasteiger partial charge in [-0.2, -0.15) is 0 Å². The van der Waals surface area contributed by atoms with Gasteiger partial charge < -0.3 is 10.6 Å². The molecule has 24 heavy (non-hydrogen) atoms. The quantitative estimate of drug-likeness (QED) is 0.915. The van der Waals surface area contributed by atoms with Crippen LogP contribution >= 0.6 is 0 Å². The normalized spacial score (nSPS) is 22.8. The van der Waals surface area contributed by atoms with Gasteiger partial charge in [-0.15, -0.1) is 0 Å². The van der Waals surface area contributed by atoms with Crippen LogP contribution in [-0.2, 0) is 4.79 Å². The third-order valence-corrected chi connectivity index (χ3v) is 5.27. The van der Waals surface area contributed by atoms with Crippen LogP contribution in [0, 0.1) is 12.7 Å². The average molecular weight is 333 g/mol. The fourth-order valence-corrected chi connectivity index (χ4v) is 3.93. The number of carbonyl (C=O) groups is 2. The monoisotopic (exact) mass is 333 g/mol. The second-order valence-electron chi connectivity index (χ2n) is 6.78. The van der Waals surface area contributed by atoms with E-state index in [-0.39, 0.29) is 23.7 Å². The Balaban J connectivity index is 1.63. The van der Waals surface area contributed by atoms with E-state index in [4.69, 9.17) is 5.73 Å². The van der Waals surface area contributed by atoms with Crippen molar-refractivity contribution >= 4 is 11.8 Å². The van der Waals surface area contributed by atoms with E-state index in [1.807, 2.05) is 6.92 Å². The highest BCUT2D eigenvalue weighted by molar-refractivity contribution is 5.95. The molecule has 0 saturated carbocycles. The van der Waals surface area contributed by atoms with Gasteiger partial charge in [0.2, 0.25) is 5.91 Å². The molecule has 2 aliphatic heterocycles. The molecule has 2 N–H and O–H groups in total. The molecule has 0 unspecified atom stereocenters. The minimum Gasteiger partial charge on any atom is -0.368 e. The van der Waals surface area contributed by atoms with Gasteiger partial charge >= 0.3 is 0 Å². The van der Waals surface area contributed by atoms with E-state index < -0.39 is 0 Å². The van der Waals surface area contributed by atoms with Crippen LogP contribution in [0.15, 0.2) is 18.2 Å². The second kappa shape index (κ2) is 6.89. The number of nitrogens with zero attached hydrogens (tertiary/aromatic N) is 2. The summed E-state index contributed by atoms with van der Waals surface area (Å²) in [5.74, 6) is -0.750. The summed E-state index contributed by atoms with van der Waals surface area (Å²) in [4.78, 5) is 28.2. The van der Waals surface area contributed by atoms with Gasteiger partial charge in [-0.25, -0.2) is 4.39 Å². The molecule has 0 spiro atoms. The first-order valence-corrected chi connectivity index (χ1v) is 8.58. The van der Waals surface area contributed by atoms with E-state index in [1.165, 1.54) is 12.1 Å². The van der Waals surface area contributed by atoms with Gasteiger partial charge in [0, 0.05) is 24.7 Å². The van der Waals surface area contributed by atoms with Crippen LogP contribution in [0.2, 0.25) is 0 Å². The number of aryl methyl sites for hydroxylation is 1. The number of likely N-dealkylation sites (tertiary alicyclic amines) is 2. The summed E-state index contributed by atoms with van der Waals surface area (Å²) in [7, 11) is 0. The third-order valence-electron chi connectivity index (χ3n) is 5.27. The Morgan fingerprint density at radius 2 is 1.88 bits per heavy atom. The molecular weight excluding hydrogens is 309 g/mol. The Kier molecular flexibility index (Phi) is 4.85. The average Bonchev–Trinajstić information content (AvgIpc) is 3.06. The summed E-state index contributed by atoms with van der Waals surface area (Å²) >= 11 is 0. The minimum absolute atomic E-state index is 0.113. The number of rotatable bonds is 3. The molecule has 2 aliphatic rings. The molecule has 5 nitrogen and oxygen atoms in total. The molecule has 0 aromatic heterocycles. The first kappa shape index (κ1) is 16.9. The van der Waals surface area contributed by atoms with Crippen LogP contribution in [-0.4, -0.2) is 53.3 Å². The predicted octanol–water partition coefficient (Wildman–Crippen LogP) is 1.69. The van der Waals surface area contributed by atoms with Gasteiger partial charge in [-0.1, -0.05) is 6.07 Å². The van der Waals surface area contributed by atoms with Crippen LogP contribution in [0.4, 0.5) is 4.39 Å². The number of benzene rings is 1. The lowest BCUT2D eigenvalue weighted by atomic mass is 10.00. The Morgan fingerprint density at radius 1 is 1.17 bits per heavy atom. The smallest absolute Gasteiger partial charge is 0.254 e. The molecule has 0 bridgehead atoms. The number of carbonyl (C=O) groups excluding carboxylic acids is 2. The Hall–Kier alpha value is -1.95. The zero-order valence-corrected chi connectivity index (χ0v) is 14.0. The molecule has 1 aromatic carbocycles. The van der Waals surface area contributed by atoms with E-state index >= 15 is 0 Å². The minimum atomic E-state index is -0.389. The molecule has 0 aliphatic carbocycles. The molecule has 2 heterocycles. The number of amides is 2. The van der Waals surface area contributed by atoms with Gasteiger partial charge in [-0.05, 0) is 56.8 Å². The van der Waals surface area contributed by atoms with Crippen LogP contribution in [0.3, 0.4) is 0 Å². The van der Waals surface area contributed by atoms with E-state index in [0.29, 0.717) is 24.7 Å². The van der Waals surface area contributed by atoms with Crippen molar-refractivity contribution < 1.29 is 14.0 Å². The Morgan fingerprint density at radius 3 is 2.54 bits per heavy atom. The topological polar surface area (TPSA) is 66.6 Å². The van der Waals surface area contributed by atoms with Crippen molar-refractivity contribution in [1.29, 1.82) is 0 Å². The van der Waals surface area contributed by atoms with Gasteiger partial charge in [0.1, 0.15) is 5.82 Å².